The molecule has 0 fully saturated rings. The van der Waals surface area contributed by atoms with E-state index in [-0.39, 0.29) is 0 Å². The third kappa shape index (κ3) is 4.07. The maximum Gasteiger partial charge on any atom is 0.305 e. The Balaban J connectivity index is 2.08. The number of rotatable bonds is 6. The number of nitrogens with two attached hydrogens (primary N) is 2. The standard InChI is InChI=1S/C22H21N3O3/c1-25-19-5-3-2-4-17(19)15(9-6-14-7-10-16(23)11-8-14)12-20(25)22(28)18(24)13-21(26)27/h2-12,18,23H,13,24H2,1H3,(H,26,27)/p+1. The number of Topliss-reactive ketones (excluding diaryl/α,β-unsaturated/α-hetero) is 1. The highest BCUT2D eigenvalue weighted by atomic mass is 16.4. The lowest BCUT2D eigenvalue weighted by atomic mass is 10.0. The van der Waals surface area contributed by atoms with E-state index in [1.165, 1.54) is 0 Å². The van der Waals surface area contributed by atoms with Gasteiger partial charge in [-0.15, -0.1) is 0 Å². The van der Waals surface area contributed by atoms with Crippen LogP contribution in [0.5, 0.6) is 0 Å². The summed E-state index contributed by atoms with van der Waals surface area (Å²) >= 11 is 0. The second-order valence-corrected chi connectivity index (χ2v) is 6.63. The van der Waals surface area contributed by atoms with Crippen molar-refractivity contribution in [2.75, 3.05) is 5.73 Å². The molecular weight excluding hydrogens is 354 g/mol. The maximum absolute atomic E-state index is 12.8. The molecule has 0 amide bonds. The maximum atomic E-state index is 12.8. The van der Waals surface area contributed by atoms with Gasteiger partial charge in [0.2, 0.25) is 11.3 Å². The number of carbonyl (C=O) groups excluding carboxylic acids is 1. The molecule has 6 nitrogen and oxygen atoms in total. The van der Waals surface area contributed by atoms with Crippen molar-refractivity contribution in [2.45, 2.75) is 12.5 Å². The molecule has 1 heterocycles. The number of aromatic nitrogens is 1. The summed E-state index contributed by atoms with van der Waals surface area (Å²) in [5.74, 6) is -1.51. The van der Waals surface area contributed by atoms with Crippen LogP contribution in [0.3, 0.4) is 0 Å². The van der Waals surface area contributed by atoms with E-state index in [0.717, 1.165) is 22.0 Å². The number of aryl methyl sites for hydroxylation is 1. The number of nitrogens with zero attached hydrogens (tertiary/aromatic N) is 1. The third-order valence-corrected chi connectivity index (χ3v) is 4.61. The fourth-order valence-electron chi connectivity index (χ4n) is 3.10. The van der Waals surface area contributed by atoms with Crippen molar-refractivity contribution >= 4 is 40.5 Å². The van der Waals surface area contributed by atoms with E-state index >= 15 is 0 Å². The van der Waals surface area contributed by atoms with Gasteiger partial charge in [-0.2, -0.15) is 4.57 Å². The van der Waals surface area contributed by atoms with Gasteiger partial charge in [-0.3, -0.25) is 9.59 Å². The second-order valence-electron chi connectivity index (χ2n) is 6.63. The van der Waals surface area contributed by atoms with Crippen LogP contribution in [-0.2, 0) is 11.8 Å². The predicted octanol–water partition coefficient (Wildman–Crippen LogP) is 2.40. The first-order chi connectivity index (χ1) is 13.4. The lowest BCUT2D eigenvalue weighted by Crippen LogP contribution is -2.43. The van der Waals surface area contributed by atoms with E-state index < -0.39 is 24.2 Å². The van der Waals surface area contributed by atoms with E-state index in [9.17, 15) is 9.59 Å². The number of nitrogen functional groups attached to an aromatic ring is 1. The summed E-state index contributed by atoms with van der Waals surface area (Å²) in [6.07, 6.45) is 3.45. The zero-order chi connectivity index (χ0) is 20.3. The van der Waals surface area contributed by atoms with Crippen molar-refractivity contribution in [3.8, 4) is 0 Å². The molecule has 0 bridgehead atoms. The van der Waals surface area contributed by atoms with Gasteiger partial charge in [-0.25, -0.2) is 0 Å². The lowest BCUT2D eigenvalue weighted by molar-refractivity contribution is -0.647. The molecule has 1 atom stereocenters. The van der Waals surface area contributed by atoms with Gasteiger partial charge in [0.15, 0.2) is 0 Å². The van der Waals surface area contributed by atoms with Crippen LogP contribution >= 0.6 is 0 Å². The molecule has 0 spiro atoms. The van der Waals surface area contributed by atoms with E-state index in [1.54, 1.807) is 17.7 Å². The van der Waals surface area contributed by atoms with Crippen molar-refractivity contribution in [3.63, 3.8) is 0 Å². The summed E-state index contributed by atoms with van der Waals surface area (Å²) in [5.41, 5.74) is 15.3. The van der Waals surface area contributed by atoms with Crippen molar-refractivity contribution in [3.05, 3.63) is 71.4 Å². The number of aliphatic carboxylic acids is 1. The van der Waals surface area contributed by atoms with Crippen LogP contribution in [0.25, 0.3) is 23.1 Å². The molecule has 0 radical (unpaired) electrons. The molecule has 0 aliphatic carbocycles. The molecule has 142 valence electrons. The summed E-state index contributed by atoms with van der Waals surface area (Å²) in [4.78, 5) is 23.7. The Kier molecular flexibility index (Phi) is 5.52. The number of ketones is 1. The van der Waals surface area contributed by atoms with Gasteiger partial charge in [0.25, 0.3) is 5.69 Å². The molecule has 28 heavy (non-hydrogen) atoms. The van der Waals surface area contributed by atoms with Crippen molar-refractivity contribution in [1.82, 2.24) is 0 Å². The van der Waals surface area contributed by atoms with Crippen LogP contribution in [-0.4, -0.2) is 22.9 Å². The molecule has 1 unspecified atom stereocenters. The Morgan fingerprint density at radius 1 is 1.11 bits per heavy atom. The van der Waals surface area contributed by atoms with Gasteiger partial charge in [0, 0.05) is 17.8 Å². The Labute approximate surface area is 162 Å². The lowest BCUT2D eigenvalue weighted by Gasteiger charge is -2.09. The molecule has 0 aliphatic heterocycles. The monoisotopic (exact) mass is 376 g/mol. The number of hydrogen-bond acceptors (Lipinski definition) is 4. The molecule has 3 rings (SSSR count). The van der Waals surface area contributed by atoms with Gasteiger partial charge in [0.1, 0.15) is 7.05 Å². The molecule has 2 aromatic carbocycles. The third-order valence-electron chi connectivity index (χ3n) is 4.61. The number of fused-ring (bicyclic) bond motifs is 1. The van der Waals surface area contributed by atoms with Gasteiger partial charge >= 0.3 is 5.97 Å². The first kappa shape index (κ1) is 19.3. The molecule has 3 aromatic rings. The molecule has 1 aromatic heterocycles. The number of para-hydroxylation sites is 1. The number of benzene rings is 2. The Morgan fingerprint density at radius 2 is 1.79 bits per heavy atom. The molecule has 0 saturated carbocycles. The average Bonchev–Trinajstić information content (AvgIpc) is 2.68. The molecule has 5 N–H and O–H groups in total. The highest BCUT2D eigenvalue weighted by Gasteiger charge is 2.27. The number of anilines is 1. The van der Waals surface area contributed by atoms with Crippen molar-refractivity contribution in [1.29, 1.82) is 0 Å². The van der Waals surface area contributed by atoms with E-state index in [2.05, 4.69) is 0 Å². The normalized spacial score (nSPS) is 12.4. The predicted molar refractivity (Wildman–Crippen MR) is 109 cm³/mol. The number of carbonyl (C=O) groups is 2. The van der Waals surface area contributed by atoms with Gasteiger partial charge in [-0.1, -0.05) is 36.4 Å². The summed E-state index contributed by atoms with van der Waals surface area (Å²) in [6, 6.07) is 15.8. The first-order valence-electron chi connectivity index (χ1n) is 8.84. The second kappa shape index (κ2) is 8.02. The minimum atomic E-state index is -1.10. The number of carboxylic acid groups (broad SMARTS) is 1. The van der Waals surface area contributed by atoms with Crippen LogP contribution in [0, 0.1) is 0 Å². The first-order valence-corrected chi connectivity index (χ1v) is 8.84. The zero-order valence-corrected chi connectivity index (χ0v) is 15.5. The molecule has 6 heteroatoms. The van der Waals surface area contributed by atoms with E-state index in [0.29, 0.717) is 11.4 Å². The highest BCUT2D eigenvalue weighted by molar-refractivity contribution is 6.01. The van der Waals surface area contributed by atoms with Gasteiger partial charge in [-0.05, 0) is 29.3 Å². The minimum Gasteiger partial charge on any atom is -0.481 e. The minimum absolute atomic E-state index is 0.365. The van der Waals surface area contributed by atoms with Crippen LogP contribution in [0.4, 0.5) is 5.69 Å². The molecular formula is C22H22N3O3+. The fraction of sp³-hybridized carbons (Fsp3) is 0.136. The Morgan fingerprint density at radius 3 is 2.46 bits per heavy atom. The highest BCUT2D eigenvalue weighted by Crippen LogP contribution is 2.21. The average molecular weight is 376 g/mol. The quantitative estimate of drug-likeness (QED) is 0.348. The van der Waals surface area contributed by atoms with E-state index in [1.807, 2.05) is 60.7 Å². The topological polar surface area (TPSA) is 110 Å². The van der Waals surface area contributed by atoms with Crippen molar-refractivity contribution in [2.24, 2.45) is 12.8 Å². The van der Waals surface area contributed by atoms with E-state index in [4.69, 9.17) is 16.6 Å². The molecule has 0 aliphatic rings. The number of hydrogen-bond donors (Lipinski definition) is 3. The summed E-state index contributed by atoms with van der Waals surface area (Å²) in [6.45, 7) is 0. The summed E-state index contributed by atoms with van der Waals surface area (Å²) in [5, 5.41) is 9.92. The van der Waals surface area contributed by atoms with Crippen LogP contribution in [0.15, 0.2) is 54.6 Å². The van der Waals surface area contributed by atoms with Gasteiger partial charge in [0.05, 0.1) is 17.8 Å². The van der Waals surface area contributed by atoms with Crippen molar-refractivity contribution < 1.29 is 19.3 Å². The fourth-order valence-corrected chi connectivity index (χ4v) is 3.10. The smallest absolute Gasteiger partial charge is 0.305 e. The largest absolute Gasteiger partial charge is 0.481 e. The number of carboxylic acids is 1. The Hall–Kier alpha value is -3.51. The number of pyridine rings is 1. The zero-order valence-electron chi connectivity index (χ0n) is 15.5. The van der Waals surface area contributed by atoms with Gasteiger partial charge < -0.3 is 16.6 Å². The summed E-state index contributed by atoms with van der Waals surface area (Å²) < 4.78 is 1.75. The van der Waals surface area contributed by atoms with Crippen LogP contribution in [0.2, 0.25) is 0 Å². The molecule has 0 saturated heterocycles. The summed E-state index contributed by atoms with van der Waals surface area (Å²) in [7, 11) is 1.77. The Bertz CT molecular complexity index is 1070. The van der Waals surface area contributed by atoms with Crippen LogP contribution in [0.1, 0.15) is 28.0 Å². The SMILES string of the molecule is C[n+]1c(C(=O)C(N)CC(=O)O)cc(C=Cc2ccc(N)cc2)c2ccccc21. The van der Waals surface area contributed by atoms with Crippen LogP contribution < -0.4 is 16.0 Å².